The average Bonchev–Trinajstić information content (AvgIpc) is 2.24. The maximum absolute atomic E-state index is 5.89. The number of anilines is 1. The van der Waals surface area contributed by atoms with Gasteiger partial charge in [-0.05, 0) is 26.9 Å². The lowest BCUT2D eigenvalue weighted by molar-refractivity contribution is 0.294. The Balaban J connectivity index is 2.58. The van der Waals surface area contributed by atoms with Crippen molar-refractivity contribution in [3.05, 3.63) is 17.0 Å². The number of likely N-dealkylation sites (N-methyl/N-ethyl adjacent to an activating group) is 1. The zero-order valence-corrected chi connectivity index (χ0v) is 11.8. The summed E-state index contributed by atoms with van der Waals surface area (Å²) in [5.41, 5.74) is 0. The Hall–Kier alpha value is -0.870. The highest BCUT2D eigenvalue weighted by atomic mass is 35.5. The van der Waals surface area contributed by atoms with E-state index in [1.807, 2.05) is 6.92 Å². The lowest BCUT2D eigenvalue weighted by Crippen LogP contribution is -2.35. The normalized spacial score (nSPS) is 12.8. The largest absolute Gasteiger partial charge is 0.366 e. The molecule has 0 fully saturated rings. The van der Waals surface area contributed by atoms with E-state index in [0.717, 1.165) is 25.5 Å². The maximum atomic E-state index is 5.89. The monoisotopic (exact) mass is 256 g/mol. The number of halogens is 1. The molecule has 17 heavy (non-hydrogen) atoms. The van der Waals surface area contributed by atoms with Gasteiger partial charge in [-0.2, -0.15) is 0 Å². The first-order valence-corrected chi connectivity index (χ1v) is 6.43. The SMILES string of the molecule is CCN(CC)CC(C)Nc1cc(Cl)nc(C)n1. The number of nitrogens with zero attached hydrogens (tertiary/aromatic N) is 3. The molecule has 1 aromatic rings. The van der Waals surface area contributed by atoms with Gasteiger partial charge in [0, 0.05) is 18.7 Å². The van der Waals surface area contributed by atoms with Crippen molar-refractivity contribution in [1.82, 2.24) is 14.9 Å². The summed E-state index contributed by atoms with van der Waals surface area (Å²) in [4.78, 5) is 10.7. The maximum Gasteiger partial charge on any atom is 0.134 e. The molecule has 0 aliphatic carbocycles. The van der Waals surface area contributed by atoms with E-state index >= 15 is 0 Å². The highest BCUT2D eigenvalue weighted by Gasteiger charge is 2.08. The van der Waals surface area contributed by atoms with Crippen LogP contribution in [0.5, 0.6) is 0 Å². The molecule has 0 aliphatic heterocycles. The van der Waals surface area contributed by atoms with Crippen molar-refractivity contribution >= 4 is 17.4 Å². The van der Waals surface area contributed by atoms with E-state index in [0.29, 0.717) is 17.0 Å². The molecule has 4 nitrogen and oxygen atoms in total. The van der Waals surface area contributed by atoms with E-state index in [-0.39, 0.29) is 0 Å². The van der Waals surface area contributed by atoms with E-state index in [4.69, 9.17) is 11.6 Å². The first-order valence-electron chi connectivity index (χ1n) is 6.05. The molecule has 5 heteroatoms. The van der Waals surface area contributed by atoms with Gasteiger partial charge in [0.05, 0.1) is 0 Å². The summed E-state index contributed by atoms with van der Waals surface area (Å²) in [6, 6.07) is 2.09. The number of aromatic nitrogens is 2. The van der Waals surface area contributed by atoms with Crippen molar-refractivity contribution in [3.8, 4) is 0 Å². The Kier molecular flexibility index (Phi) is 5.65. The number of hydrogen-bond acceptors (Lipinski definition) is 4. The third-order valence-corrected chi connectivity index (χ3v) is 2.82. The van der Waals surface area contributed by atoms with Crippen LogP contribution >= 0.6 is 11.6 Å². The molecule has 96 valence electrons. The van der Waals surface area contributed by atoms with Gasteiger partial charge in [-0.3, -0.25) is 0 Å². The minimum absolute atomic E-state index is 0.334. The first-order chi connectivity index (χ1) is 8.05. The van der Waals surface area contributed by atoms with Crippen LogP contribution in [-0.4, -0.2) is 40.5 Å². The molecule has 0 saturated carbocycles. The van der Waals surface area contributed by atoms with Crippen molar-refractivity contribution in [2.45, 2.75) is 33.7 Å². The van der Waals surface area contributed by atoms with Crippen LogP contribution in [0.25, 0.3) is 0 Å². The van der Waals surface area contributed by atoms with E-state index in [1.165, 1.54) is 0 Å². The van der Waals surface area contributed by atoms with Crippen LogP contribution in [0, 0.1) is 6.92 Å². The molecule has 0 radical (unpaired) electrons. The third kappa shape index (κ3) is 4.88. The molecule has 0 aliphatic rings. The van der Waals surface area contributed by atoms with Gasteiger partial charge in [-0.1, -0.05) is 25.4 Å². The molecule has 1 heterocycles. The fourth-order valence-electron chi connectivity index (χ4n) is 1.77. The smallest absolute Gasteiger partial charge is 0.134 e. The van der Waals surface area contributed by atoms with Crippen LogP contribution in [0.15, 0.2) is 6.07 Å². The fraction of sp³-hybridized carbons (Fsp3) is 0.667. The van der Waals surface area contributed by atoms with Crippen LogP contribution in [-0.2, 0) is 0 Å². The minimum atomic E-state index is 0.334. The molecule has 1 unspecified atom stereocenters. The summed E-state index contributed by atoms with van der Waals surface area (Å²) in [6.07, 6.45) is 0. The van der Waals surface area contributed by atoms with Crippen LogP contribution in [0.1, 0.15) is 26.6 Å². The second kappa shape index (κ2) is 6.77. The van der Waals surface area contributed by atoms with E-state index < -0.39 is 0 Å². The topological polar surface area (TPSA) is 41.0 Å². The predicted octanol–water partition coefficient (Wildman–Crippen LogP) is 2.58. The Morgan fingerprint density at radius 2 is 2.00 bits per heavy atom. The van der Waals surface area contributed by atoms with Gasteiger partial charge >= 0.3 is 0 Å². The summed E-state index contributed by atoms with van der Waals surface area (Å²) in [7, 11) is 0. The van der Waals surface area contributed by atoms with Gasteiger partial charge in [0.1, 0.15) is 16.8 Å². The quantitative estimate of drug-likeness (QED) is 0.795. The highest BCUT2D eigenvalue weighted by Crippen LogP contribution is 2.12. The van der Waals surface area contributed by atoms with Gasteiger partial charge in [0.2, 0.25) is 0 Å². The molecule has 1 aromatic heterocycles. The number of nitrogens with one attached hydrogen (secondary N) is 1. The summed E-state index contributed by atoms with van der Waals surface area (Å²) >= 11 is 5.89. The lowest BCUT2D eigenvalue weighted by atomic mass is 10.3. The van der Waals surface area contributed by atoms with Gasteiger partial charge in [-0.15, -0.1) is 0 Å². The third-order valence-electron chi connectivity index (χ3n) is 2.63. The zero-order valence-electron chi connectivity index (χ0n) is 11.0. The molecule has 0 saturated heterocycles. The second-order valence-corrected chi connectivity index (χ2v) is 4.54. The molecule has 0 spiro atoms. The van der Waals surface area contributed by atoms with Crippen LogP contribution < -0.4 is 5.32 Å². The first kappa shape index (κ1) is 14.2. The van der Waals surface area contributed by atoms with E-state index in [2.05, 4.69) is 41.0 Å². The molecule has 0 amide bonds. The standard InChI is InChI=1S/C12H21ClN4/c1-5-17(6-2)8-9(3)14-12-7-11(13)15-10(4)16-12/h7,9H,5-6,8H2,1-4H3,(H,14,15,16). The second-order valence-electron chi connectivity index (χ2n) is 4.15. The van der Waals surface area contributed by atoms with Gasteiger partial charge in [0.15, 0.2) is 0 Å². The van der Waals surface area contributed by atoms with E-state index in [1.54, 1.807) is 6.07 Å². The predicted molar refractivity (Wildman–Crippen MR) is 72.7 cm³/mol. The van der Waals surface area contributed by atoms with Gasteiger partial charge in [0.25, 0.3) is 0 Å². The van der Waals surface area contributed by atoms with Crippen molar-refractivity contribution in [1.29, 1.82) is 0 Å². The number of aryl methyl sites for hydroxylation is 1. The molecule has 1 N–H and O–H groups in total. The van der Waals surface area contributed by atoms with Crippen LogP contribution in [0.3, 0.4) is 0 Å². The Labute approximate surface area is 108 Å². The number of rotatable bonds is 6. The van der Waals surface area contributed by atoms with Crippen molar-refractivity contribution < 1.29 is 0 Å². The zero-order chi connectivity index (χ0) is 12.8. The lowest BCUT2D eigenvalue weighted by Gasteiger charge is -2.23. The molecule has 1 rings (SSSR count). The van der Waals surface area contributed by atoms with Crippen LogP contribution in [0.2, 0.25) is 5.15 Å². The van der Waals surface area contributed by atoms with Crippen molar-refractivity contribution in [3.63, 3.8) is 0 Å². The summed E-state index contributed by atoms with van der Waals surface area (Å²) in [6.45, 7) is 11.4. The van der Waals surface area contributed by atoms with Crippen LogP contribution in [0.4, 0.5) is 5.82 Å². The minimum Gasteiger partial charge on any atom is -0.366 e. The summed E-state index contributed by atoms with van der Waals surface area (Å²) in [5.74, 6) is 1.48. The summed E-state index contributed by atoms with van der Waals surface area (Å²) in [5, 5.41) is 3.83. The van der Waals surface area contributed by atoms with Crippen molar-refractivity contribution in [2.75, 3.05) is 25.0 Å². The number of hydrogen-bond donors (Lipinski definition) is 1. The molecule has 1 atom stereocenters. The molecule has 0 bridgehead atoms. The summed E-state index contributed by atoms with van der Waals surface area (Å²) < 4.78 is 0. The Bertz CT molecular complexity index is 332. The fourth-order valence-corrected chi connectivity index (χ4v) is 2.00. The van der Waals surface area contributed by atoms with Gasteiger partial charge < -0.3 is 10.2 Å². The molecular weight excluding hydrogens is 236 g/mol. The Morgan fingerprint density at radius 3 is 2.53 bits per heavy atom. The molecule has 0 aromatic carbocycles. The average molecular weight is 257 g/mol. The molecular formula is C12H21ClN4. The Morgan fingerprint density at radius 1 is 1.35 bits per heavy atom. The van der Waals surface area contributed by atoms with E-state index in [9.17, 15) is 0 Å². The van der Waals surface area contributed by atoms with Crippen molar-refractivity contribution in [2.24, 2.45) is 0 Å². The highest BCUT2D eigenvalue weighted by molar-refractivity contribution is 6.29. The van der Waals surface area contributed by atoms with Gasteiger partial charge in [-0.25, -0.2) is 9.97 Å².